The Labute approximate surface area is 208 Å². The quantitative estimate of drug-likeness (QED) is 0.178. The smallest absolute Gasteiger partial charge is 0.168 e. The molecule has 5 heteroatoms. The van der Waals surface area contributed by atoms with Gasteiger partial charge in [-0.25, -0.2) is 4.98 Å². The van der Waals surface area contributed by atoms with Gasteiger partial charge in [-0.2, -0.15) is 0 Å². The molecule has 0 saturated carbocycles. The molecule has 0 amide bonds. The van der Waals surface area contributed by atoms with E-state index in [-0.39, 0.29) is 0 Å². The Morgan fingerprint density at radius 1 is 0.727 bits per heavy atom. The van der Waals surface area contributed by atoms with Crippen LogP contribution >= 0.6 is 24.4 Å². The highest BCUT2D eigenvalue weighted by atomic mass is 32.1. The van der Waals surface area contributed by atoms with Crippen LogP contribution in [0.3, 0.4) is 0 Å². The molecule has 0 spiro atoms. The zero-order chi connectivity index (χ0) is 22.9. The number of benzene rings is 3. The number of nitrogens with zero attached hydrogens (tertiary/aromatic N) is 2. The number of thiocarbonyl (C=S) groups is 2. The van der Waals surface area contributed by atoms with Crippen LogP contribution in [0.2, 0.25) is 0 Å². The lowest BCUT2D eigenvalue weighted by atomic mass is 10.1. The fourth-order valence-electron chi connectivity index (χ4n) is 4.83. The van der Waals surface area contributed by atoms with E-state index >= 15 is 0 Å². The lowest BCUT2D eigenvalue weighted by Gasteiger charge is -2.37. The summed E-state index contributed by atoms with van der Waals surface area (Å²) >= 11 is 10.4. The van der Waals surface area contributed by atoms with Gasteiger partial charge in [-0.15, -0.1) is 0 Å². The first kappa shape index (κ1) is 23.4. The second-order valence-electron chi connectivity index (χ2n) is 8.23. The average Bonchev–Trinajstić information content (AvgIpc) is 3.39. The molecule has 166 valence electrons. The summed E-state index contributed by atoms with van der Waals surface area (Å²) in [5.41, 5.74) is 2.78. The summed E-state index contributed by atoms with van der Waals surface area (Å²) in [4.78, 5) is 4.38. The summed E-state index contributed by atoms with van der Waals surface area (Å²) in [5.74, 6) is 0. The summed E-state index contributed by atoms with van der Waals surface area (Å²) in [6, 6.07) is 29.0. The van der Waals surface area contributed by atoms with E-state index in [0.717, 1.165) is 31.9 Å². The molecule has 0 aliphatic carbocycles. The maximum Gasteiger partial charge on any atom is 0.168 e. The predicted octanol–water partition coefficient (Wildman–Crippen LogP) is 4.46. The summed E-state index contributed by atoms with van der Waals surface area (Å²) in [6.45, 7) is 0. The molecule has 2 nitrogen and oxygen atoms in total. The van der Waals surface area contributed by atoms with E-state index < -0.39 is 8.07 Å². The van der Waals surface area contributed by atoms with Gasteiger partial charge in [-0.1, -0.05) is 103 Å². The second kappa shape index (κ2) is 11.4. The number of hydrogen-bond acceptors (Lipinski definition) is 3. The van der Waals surface area contributed by atoms with E-state index in [1.54, 1.807) is 0 Å². The van der Waals surface area contributed by atoms with E-state index in [4.69, 9.17) is 24.4 Å². The number of hydrogen-bond donors (Lipinski definition) is 0. The van der Waals surface area contributed by atoms with Crippen molar-refractivity contribution in [3.8, 4) is 0 Å². The highest BCUT2D eigenvalue weighted by Crippen LogP contribution is 2.17. The maximum absolute atomic E-state index is 5.20. The van der Waals surface area contributed by atoms with Gasteiger partial charge in [0.05, 0.1) is 6.33 Å². The van der Waals surface area contributed by atoms with Gasteiger partial charge in [0.15, 0.2) is 8.07 Å². The van der Waals surface area contributed by atoms with Crippen LogP contribution in [0, 0.1) is 0 Å². The van der Waals surface area contributed by atoms with E-state index in [1.807, 2.05) is 23.3 Å². The highest BCUT2D eigenvalue weighted by Gasteiger charge is 2.42. The van der Waals surface area contributed by atoms with Gasteiger partial charge >= 0.3 is 0 Å². The van der Waals surface area contributed by atoms with Crippen molar-refractivity contribution in [2.24, 2.45) is 0 Å². The molecule has 0 bridgehead atoms. The zero-order valence-electron chi connectivity index (χ0n) is 18.6. The third kappa shape index (κ3) is 5.11. The van der Waals surface area contributed by atoms with Gasteiger partial charge in [-0.05, 0) is 63.1 Å². The minimum atomic E-state index is -2.49. The van der Waals surface area contributed by atoms with Gasteiger partial charge in [0.25, 0.3) is 0 Å². The van der Waals surface area contributed by atoms with Crippen molar-refractivity contribution in [1.82, 2.24) is 9.55 Å². The Balaban J connectivity index is 2.05. The third-order valence-corrected chi connectivity index (χ3v) is 11.7. The van der Waals surface area contributed by atoms with E-state index in [0.29, 0.717) is 0 Å². The molecule has 33 heavy (non-hydrogen) atoms. The van der Waals surface area contributed by atoms with Crippen LogP contribution < -0.4 is 15.6 Å². The molecule has 0 unspecified atom stereocenters. The van der Waals surface area contributed by atoms with Gasteiger partial charge < -0.3 is 4.57 Å². The summed E-state index contributed by atoms with van der Waals surface area (Å²) < 4.78 is 2.26. The van der Waals surface area contributed by atoms with Gasteiger partial charge in [-0.3, -0.25) is 0 Å². The van der Waals surface area contributed by atoms with Crippen molar-refractivity contribution in [2.75, 3.05) is 0 Å². The molecular weight excluding hydrogens is 457 g/mol. The van der Waals surface area contributed by atoms with Crippen LogP contribution in [0.1, 0.15) is 24.0 Å². The first-order valence-electron chi connectivity index (χ1n) is 11.3. The van der Waals surface area contributed by atoms with Crippen molar-refractivity contribution in [3.05, 3.63) is 109 Å². The molecule has 0 saturated heterocycles. The summed E-state index contributed by atoms with van der Waals surface area (Å²) in [5, 5.41) is 8.02. The topological polar surface area (TPSA) is 17.8 Å². The SMILES string of the molecule is S=CCCc1ccccc1[Si](Cn1ccnc1)(c1ccccc1)c1ccccc1CCC=S. The number of imidazole rings is 1. The molecule has 0 aliphatic heterocycles. The molecular formula is C28H28N2S2Si. The van der Waals surface area contributed by atoms with Gasteiger partial charge in [0.1, 0.15) is 0 Å². The largest absolute Gasteiger partial charge is 0.339 e. The molecule has 1 heterocycles. The molecule has 0 fully saturated rings. The van der Waals surface area contributed by atoms with Gasteiger partial charge in [0.2, 0.25) is 0 Å². The van der Waals surface area contributed by atoms with Crippen molar-refractivity contribution < 1.29 is 0 Å². The minimum Gasteiger partial charge on any atom is -0.339 e. The third-order valence-electron chi connectivity index (χ3n) is 6.26. The number of aryl methyl sites for hydroxylation is 2. The first-order chi connectivity index (χ1) is 16.3. The van der Waals surface area contributed by atoms with E-state index in [2.05, 4.69) is 94.6 Å². The van der Waals surface area contributed by atoms with Crippen molar-refractivity contribution >= 4 is 58.8 Å². The lowest BCUT2D eigenvalue weighted by molar-refractivity contribution is 0.860. The van der Waals surface area contributed by atoms with Crippen LogP contribution in [0.25, 0.3) is 0 Å². The zero-order valence-corrected chi connectivity index (χ0v) is 21.3. The van der Waals surface area contributed by atoms with Gasteiger partial charge in [0, 0.05) is 18.6 Å². The average molecular weight is 485 g/mol. The van der Waals surface area contributed by atoms with Crippen molar-refractivity contribution in [3.63, 3.8) is 0 Å². The van der Waals surface area contributed by atoms with Crippen LogP contribution in [-0.4, -0.2) is 28.4 Å². The Hall–Kier alpha value is -2.73. The highest BCUT2D eigenvalue weighted by molar-refractivity contribution is 7.79. The molecule has 0 radical (unpaired) electrons. The normalized spacial score (nSPS) is 11.3. The fourth-order valence-corrected chi connectivity index (χ4v) is 10.3. The van der Waals surface area contributed by atoms with Crippen LogP contribution in [-0.2, 0) is 19.0 Å². The van der Waals surface area contributed by atoms with Crippen molar-refractivity contribution in [1.29, 1.82) is 0 Å². The first-order valence-corrected chi connectivity index (χ1v) is 14.5. The monoisotopic (exact) mass is 484 g/mol. The standard InChI is InChI=1S/C28H28N2S2Si/c31-20-8-12-24-10-4-6-16-27(24)33(23-30-19-18-29-22-30,26-14-2-1-3-15-26)28-17-7-5-11-25(28)13-9-21-32/h1-7,10-11,14-22H,8-9,12-13,23H2. The van der Waals surface area contributed by atoms with Crippen LogP contribution in [0.4, 0.5) is 0 Å². The second-order valence-corrected chi connectivity index (χ2v) is 12.7. The molecule has 1 aromatic heterocycles. The van der Waals surface area contributed by atoms with E-state index in [9.17, 15) is 0 Å². The minimum absolute atomic E-state index is 0.889. The molecule has 0 atom stereocenters. The molecule has 4 aromatic rings. The molecule has 3 aromatic carbocycles. The van der Waals surface area contributed by atoms with Crippen LogP contribution in [0.15, 0.2) is 97.6 Å². The maximum atomic E-state index is 5.20. The lowest BCUT2D eigenvalue weighted by Crippen LogP contribution is -2.71. The summed E-state index contributed by atoms with van der Waals surface area (Å²) in [6.07, 6.45) is 10.5. The molecule has 0 aliphatic rings. The Morgan fingerprint density at radius 2 is 1.27 bits per heavy atom. The number of rotatable bonds is 11. The number of aromatic nitrogens is 2. The summed E-state index contributed by atoms with van der Waals surface area (Å²) in [7, 11) is -2.49. The molecule has 0 N–H and O–H groups in total. The fraction of sp³-hybridized carbons (Fsp3) is 0.179. The Morgan fingerprint density at radius 3 is 1.79 bits per heavy atom. The molecule has 4 rings (SSSR count). The van der Waals surface area contributed by atoms with Crippen LogP contribution in [0.5, 0.6) is 0 Å². The Kier molecular flexibility index (Phi) is 8.10. The Bertz CT molecular complexity index is 1130. The van der Waals surface area contributed by atoms with E-state index in [1.165, 1.54) is 26.7 Å². The predicted molar refractivity (Wildman–Crippen MR) is 150 cm³/mol. The van der Waals surface area contributed by atoms with Crippen molar-refractivity contribution in [2.45, 2.75) is 31.9 Å².